The molecule has 0 bridgehead atoms. The Labute approximate surface area is 89.0 Å². The van der Waals surface area contributed by atoms with E-state index in [1.165, 1.54) is 13.8 Å². The van der Waals surface area contributed by atoms with Crippen LogP contribution >= 0.6 is 0 Å². The van der Waals surface area contributed by atoms with E-state index in [4.69, 9.17) is 5.73 Å². The molecule has 0 spiro atoms. The number of carbonyl (C=O) groups is 3. The summed E-state index contributed by atoms with van der Waals surface area (Å²) in [5.41, 5.74) is 5.43. The summed E-state index contributed by atoms with van der Waals surface area (Å²) in [4.78, 5) is 30.5. The van der Waals surface area contributed by atoms with Crippen LogP contribution in [-0.4, -0.2) is 17.7 Å². The van der Waals surface area contributed by atoms with E-state index in [2.05, 4.69) is 18.5 Å². The van der Waals surface area contributed by atoms with Crippen LogP contribution in [-0.2, 0) is 14.4 Å². The minimum absolute atomic E-state index is 0.338. The summed E-state index contributed by atoms with van der Waals surface area (Å²) < 4.78 is 0. The van der Waals surface area contributed by atoms with Crippen LogP contribution in [0.5, 0.6) is 0 Å². The number of carbonyl (C=O) groups excluding carboxylic acids is 3. The maximum absolute atomic E-state index is 10.5. The van der Waals surface area contributed by atoms with E-state index < -0.39 is 11.8 Å². The molecule has 5 heteroatoms. The van der Waals surface area contributed by atoms with E-state index in [0.29, 0.717) is 11.1 Å². The molecule has 0 aromatic carbocycles. The summed E-state index contributed by atoms with van der Waals surface area (Å²) >= 11 is 0. The lowest BCUT2D eigenvalue weighted by Gasteiger charge is -1.96. The lowest BCUT2D eigenvalue weighted by Crippen LogP contribution is -2.28. The highest BCUT2D eigenvalue weighted by molar-refractivity contribution is 6.02. The van der Waals surface area contributed by atoms with Crippen LogP contribution < -0.4 is 11.1 Å². The SMILES string of the molecule is C=C(C)C(=O)NC(C)=O.C=C(C)C(N)=O. The molecule has 0 aromatic rings. The predicted molar refractivity (Wildman–Crippen MR) is 57.6 cm³/mol. The third-order valence-electron chi connectivity index (χ3n) is 1.10. The molecule has 15 heavy (non-hydrogen) atoms. The molecule has 0 fully saturated rings. The summed E-state index contributed by atoms with van der Waals surface area (Å²) in [6, 6.07) is 0. The minimum atomic E-state index is -0.435. The maximum Gasteiger partial charge on any atom is 0.252 e. The van der Waals surface area contributed by atoms with Crippen molar-refractivity contribution in [3.63, 3.8) is 0 Å². The fourth-order valence-electron chi connectivity index (χ4n) is 0.267. The van der Waals surface area contributed by atoms with Crippen molar-refractivity contribution in [3.05, 3.63) is 24.3 Å². The van der Waals surface area contributed by atoms with Crippen LogP contribution in [0.2, 0.25) is 0 Å². The van der Waals surface area contributed by atoms with Gasteiger partial charge in [-0.3, -0.25) is 19.7 Å². The van der Waals surface area contributed by atoms with E-state index in [-0.39, 0.29) is 5.91 Å². The average Bonchev–Trinajstić information content (AvgIpc) is 2.03. The molecule has 0 aliphatic rings. The monoisotopic (exact) mass is 212 g/mol. The molecule has 0 unspecified atom stereocenters. The van der Waals surface area contributed by atoms with Crippen LogP contribution in [0.25, 0.3) is 0 Å². The van der Waals surface area contributed by atoms with Gasteiger partial charge in [0, 0.05) is 18.1 Å². The van der Waals surface area contributed by atoms with E-state index in [1.54, 1.807) is 6.92 Å². The van der Waals surface area contributed by atoms with Gasteiger partial charge in [0.15, 0.2) is 0 Å². The van der Waals surface area contributed by atoms with Crippen LogP contribution in [0.4, 0.5) is 0 Å². The van der Waals surface area contributed by atoms with Gasteiger partial charge in [0.05, 0.1) is 0 Å². The highest BCUT2D eigenvalue weighted by Gasteiger charge is 2.01. The molecule has 84 valence electrons. The topological polar surface area (TPSA) is 89.3 Å². The first-order chi connectivity index (χ1) is 6.68. The number of imide groups is 1. The van der Waals surface area contributed by atoms with E-state index in [0.717, 1.165) is 0 Å². The lowest BCUT2D eigenvalue weighted by molar-refractivity contribution is -0.127. The first kappa shape index (κ1) is 15.6. The van der Waals surface area contributed by atoms with Crippen molar-refractivity contribution in [2.45, 2.75) is 20.8 Å². The first-order valence-corrected chi connectivity index (χ1v) is 4.11. The molecule has 0 saturated carbocycles. The Hall–Kier alpha value is -1.91. The molecule has 0 saturated heterocycles. The number of rotatable bonds is 2. The van der Waals surface area contributed by atoms with Crippen LogP contribution in [0.1, 0.15) is 20.8 Å². The number of amides is 3. The number of nitrogens with one attached hydrogen (secondary N) is 1. The van der Waals surface area contributed by atoms with Gasteiger partial charge in [-0.15, -0.1) is 0 Å². The summed E-state index contributed by atoms with van der Waals surface area (Å²) in [6.45, 7) is 11.0. The molecule has 5 nitrogen and oxygen atoms in total. The van der Waals surface area contributed by atoms with E-state index in [1.807, 2.05) is 0 Å². The predicted octanol–water partition coefficient (Wildman–Crippen LogP) is 0.273. The van der Waals surface area contributed by atoms with Crippen molar-refractivity contribution >= 4 is 17.7 Å². The van der Waals surface area contributed by atoms with E-state index in [9.17, 15) is 14.4 Å². The first-order valence-electron chi connectivity index (χ1n) is 4.11. The van der Waals surface area contributed by atoms with Gasteiger partial charge in [-0.1, -0.05) is 13.2 Å². The zero-order chi connectivity index (χ0) is 12.6. The third kappa shape index (κ3) is 12.1. The van der Waals surface area contributed by atoms with Gasteiger partial charge in [0.1, 0.15) is 0 Å². The maximum atomic E-state index is 10.5. The van der Waals surface area contributed by atoms with Crippen molar-refractivity contribution < 1.29 is 14.4 Å². The molecule has 3 amide bonds. The zero-order valence-corrected chi connectivity index (χ0v) is 9.22. The van der Waals surface area contributed by atoms with Crippen molar-refractivity contribution in [1.29, 1.82) is 0 Å². The number of nitrogens with two attached hydrogens (primary N) is 1. The molecule has 0 heterocycles. The van der Waals surface area contributed by atoms with Crippen LogP contribution in [0, 0.1) is 0 Å². The number of hydrogen-bond donors (Lipinski definition) is 2. The summed E-state index contributed by atoms with van der Waals surface area (Å²) in [6.07, 6.45) is 0. The third-order valence-corrected chi connectivity index (χ3v) is 1.10. The second kappa shape index (κ2) is 7.49. The Kier molecular flexibility index (Phi) is 7.77. The Morgan fingerprint density at radius 3 is 1.40 bits per heavy atom. The quantitative estimate of drug-likeness (QED) is 0.644. The zero-order valence-electron chi connectivity index (χ0n) is 9.22. The molecular formula is C10H16N2O3. The fraction of sp³-hybridized carbons (Fsp3) is 0.300. The Bertz CT molecular complexity index is 294. The standard InChI is InChI=1S/C6H9NO2.C4H7NO/c1-4(2)6(9)7-5(3)8;1-3(2)4(5)6/h1H2,2-3H3,(H,7,8,9);1H2,2H3,(H2,5,6). The second-order valence-corrected chi connectivity index (χ2v) is 2.94. The summed E-state index contributed by atoms with van der Waals surface area (Å²) in [5, 5.41) is 2.06. The van der Waals surface area contributed by atoms with Gasteiger partial charge in [-0.25, -0.2) is 0 Å². The Balaban J connectivity index is 0. The van der Waals surface area contributed by atoms with Gasteiger partial charge < -0.3 is 5.73 Å². The van der Waals surface area contributed by atoms with Crippen molar-refractivity contribution in [1.82, 2.24) is 5.32 Å². The lowest BCUT2D eigenvalue weighted by atomic mass is 10.3. The largest absolute Gasteiger partial charge is 0.366 e. The van der Waals surface area contributed by atoms with Gasteiger partial charge in [-0.05, 0) is 13.8 Å². The second-order valence-electron chi connectivity index (χ2n) is 2.94. The van der Waals surface area contributed by atoms with Gasteiger partial charge in [-0.2, -0.15) is 0 Å². The molecule has 0 atom stereocenters. The van der Waals surface area contributed by atoms with Gasteiger partial charge in [0.2, 0.25) is 11.8 Å². The van der Waals surface area contributed by atoms with Gasteiger partial charge >= 0.3 is 0 Å². The van der Waals surface area contributed by atoms with Crippen LogP contribution in [0.3, 0.4) is 0 Å². The van der Waals surface area contributed by atoms with Crippen LogP contribution in [0.15, 0.2) is 24.3 Å². The van der Waals surface area contributed by atoms with Crippen molar-refractivity contribution in [2.24, 2.45) is 5.73 Å². The van der Waals surface area contributed by atoms with Gasteiger partial charge in [0.25, 0.3) is 5.91 Å². The fourth-order valence-corrected chi connectivity index (χ4v) is 0.267. The Morgan fingerprint density at radius 1 is 1.00 bits per heavy atom. The minimum Gasteiger partial charge on any atom is -0.366 e. The molecule has 3 N–H and O–H groups in total. The summed E-state index contributed by atoms with van der Waals surface area (Å²) in [7, 11) is 0. The number of hydrogen-bond acceptors (Lipinski definition) is 3. The van der Waals surface area contributed by atoms with E-state index >= 15 is 0 Å². The Morgan fingerprint density at radius 2 is 1.33 bits per heavy atom. The molecule has 0 aliphatic heterocycles. The number of primary amides is 1. The normalized spacial score (nSPS) is 7.93. The molecular weight excluding hydrogens is 196 g/mol. The molecule has 0 aliphatic carbocycles. The smallest absolute Gasteiger partial charge is 0.252 e. The highest BCUT2D eigenvalue weighted by atomic mass is 16.2. The average molecular weight is 212 g/mol. The van der Waals surface area contributed by atoms with Crippen molar-refractivity contribution in [2.75, 3.05) is 0 Å². The highest BCUT2D eigenvalue weighted by Crippen LogP contribution is 1.83. The molecule has 0 rings (SSSR count). The molecule has 0 aromatic heterocycles. The molecule has 0 radical (unpaired) electrons. The summed E-state index contributed by atoms with van der Waals surface area (Å²) in [5.74, 6) is -1.21. The van der Waals surface area contributed by atoms with Crippen molar-refractivity contribution in [3.8, 4) is 0 Å².